The molecule has 2 aliphatic heterocycles. The van der Waals surface area contributed by atoms with Gasteiger partial charge in [-0.1, -0.05) is 0 Å². The van der Waals surface area contributed by atoms with Gasteiger partial charge in [-0.2, -0.15) is 0 Å². The molecule has 2 bridgehead atoms. The average Bonchev–Trinajstić information content (AvgIpc) is 2.83. The third kappa shape index (κ3) is 4.17. The first-order valence-electron chi connectivity index (χ1n) is 8.17. The third-order valence-electron chi connectivity index (χ3n) is 3.82. The Kier molecular flexibility index (Phi) is 5.25. The maximum absolute atomic E-state index is 12.4. The second-order valence-corrected chi connectivity index (χ2v) is 9.27. The molecule has 1 fully saturated rings. The van der Waals surface area contributed by atoms with Gasteiger partial charge in [0.15, 0.2) is 5.75 Å². The lowest BCUT2D eigenvalue weighted by Gasteiger charge is -2.28. The number of hydrogen-bond donors (Lipinski definition) is 0. The van der Waals surface area contributed by atoms with Crippen LogP contribution in [0, 0.1) is 10.1 Å². The fraction of sp³-hybridized carbons (Fsp3) is 0.562. The minimum absolute atomic E-state index is 0.00312. The van der Waals surface area contributed by atoms with Crippen LogP contribution in [-0.4, -0.2) is 53.0 Å². The van der Waals surface area contributed by atoms with Crippen LogP contribution in [0.25, 0.3) is 0 Å². The number of nitrogens with zero attached hydrogens (tertiary/aromatic N) is 3. The van der Waals surface area contributed by atoms with Gasteiger partial charge in [0.1, 0.15) is 17.9 Å². The van der Waals surface area contributed by atoms with E-state index in [4.69, 9.17) is 9.47 Å². The minimum atomic E-state index is -0.548. The van der Waals surface area contributed by atoms with Crippen LogP contribution in [0.3, 0.4) is 0 Å². The van der Waals surface area contributed by atoms with Gasteiger partial charge in [0.2, 0.25) is 0 Å². The molecule has 0 aliphatic carbocycles. The SMILES string of the molecule is CC(C)(C)OC(=O)N1CCN2S[C@H](COc3cc([N+](=O)[O-])cc(Br)c32)C1. The first-order chi connectivity index (χ1) is 12.1. The van der Waals surface area contributed by atoms with E-state index in [0.717, 1.165) is 5.69 Å². The van der Waals surface area contributed by atoms with Crippen molar-refractivity contribution in [3.05, 3.63) is 26.7 Å². The van der Waals surface area contributed by atoms with Crippen LogP contribution in [0.1, 0.15) is 20.8 Å². The zero-order valence-electron chi connectivity index (χ0n) is 14.7. The summed E-state index contributed by atoms with van der Waals surface area (Å²) in [5.74, 6) is 0.479. The Labute approximate surface area is 164 Å². The van der Waals surface area contributed by atoms with Gasteiger partial charge in [0.25, 0.3) is 5.69 Å². The summed E-state index contributed by atoms with van der Waals surface area (Å²) in [5, 5.41) is 11.1. The number of nitro benzene ring substituents is 1. The highest BCUT2D eigenvalue weighted by Crippen LogP contribution is 2.45. The van der Waals surface area contributed by atoms with Crippen molar-refractivity contribution in [2.24, 2.45) is 0 Å². The molecule has 1 atom stereocenters. The maximum Gasteiger partial charge on any atom is 0.410 e. The van der Waals surface area contributed by atoms with E-state index in [1.807, 2.05) is 25.1 Å². The molecule has 1 aromatic rings. The molecule has 3 rings (SSSR count). The topological polar surface area (TPSA) is 85.2 Å². The second-order valence-electron chi connectivity index (χ2n) is 7.10. The molecule has 26 heavy (non-hydrogen) atoms. The van der Waals surface area contributed by atoms with Crippen molar-refractivity contribution >= 4 is 45.3 Å². The quantitative estimate of drug-likeness (QED) is 0.368. The molecular formula is C16H20BrN3O5S. The summed E-state index contributed by atoms with van der Waals surface area (Å²) in [4.78, 5) is 24.8. The summed E-state index contributed by atoms with van der Waals surface area (Å²) in [5.41, 5.74) is 0.189. The fourth-order valence-corrected chi connectivity index (χ4v) is 4.73. The molecule has 0 spiro atoms. The monoisotopic (exact) mass is 445 g/mol. The van der Waals surface area contributed by atoms with Crippen molar-refractivity contribution in [3.63, 3.8) is 0 Å². The van der Waals surface area contributed by atoms with E-state index in [0.29, 0.717) is 36.5 Å². The molecule has 1 aromatic carbocycles. The van der Waals surface area contributed by atoms with Crippen LogP contribution in [0.15, 0.2) is 16.6 Å². The summed E-state index contributed by atoms with van der Waals surface area (Å²) in [6.45, 7) is 7.43. The number of halogens is 1. The lowest BCUT2D eigenvalue weighted by Crippen LogP contribution is -2.42. The Morgan fingerprint density at radius 2 is 2.15 bits per heavy atom. The molecular weight excluding hydrogens is 426 g/mol. The smallest absolute Gasteiger partial charge is 0.410 e. The summed E-state index contributed by atoms with van der Waals surface area (Å²) < 4.78 is 14.0. The van der Waals surface area contributed by atoms with Crippen LogP contribution in [-0.2, 0) is 4.74 Å². The van der Waals surface area contributed by atoms with E-state index in [-0.39, 0.29) is 17.0 Å². The van der Waals surface area contributed by atoms with Gasteiger partial charge < -0.3 is 18.7 Å². The number of carbonyl (C=O) groups is 1. The Balaban J connectivity index is 1.84. The predicted octanol–water partition coefficient (Wildman–Crippen LogP) is 3.82. The first-order valence-corrected chi connectivity index (χ1v) is 9.80. The van der Waals surface area contributed by atoms with E-state index in [1.54, 1.807) is 16.8 Å². The molecule has 2 aliphatic rings. The van der Waals surface area contributed by atoms with Gasteiger partial charge in [-0.25, -0.2) is 4.79 Å². The van der Waals surface area contributed by atoms with Crippen molar-refractivity contribution in [3.8, 4) is 5.75 Å². The predicted molar refractivity (Wildman–Crippen MR) is 103 cm³/mol. The molecule has 0 radical (unpaired) electrons. The number of amides is 1. The number of hydrogen-bond acceptors (Lipinski definition) is 7. The van der Waals surface area contributed by atoms with Crippen molar-refractivity contribution in [2.45, 2.75) is 31.6 Å². The zero-order valence-corrected chi connectivity index (χ0v) is 17.1. The number of nitro groups is 1. The Morgan fingerprint density at radius 1 is 1.42 bits per heavy atom. The van der Waals surface area contributed by atoms with Crippen molar-refractivity contribution in [1.82, 2.24) is 4.90 Å². The molecule has 0 N–H and O–H groups in total. The van der Waals surface area contributed by atoms with Crippen molar-refractivity contribution in [1.29, 1.82) is 0 Å². The first kappa shape index (κ1) is 19.1. The summed E-state index contributed by atoms with van der Waals surface area (Å²) in [7, 11) is 0. The van der Waals surface area contributed by atoms with Crippen molar-refractivity contribution < 1.29 is 19.2 Å². The minimum Gasteiger partial charge on any atom is -0.490 e. The van der Waals surface area contributed by atoms with Crippen LogP contribution in [0.2, 0.25) is 0 Å². The highest BCUT2D eigenvalue weighted by molar-refractivity contribution is 9.10. The summed E-state index contributed by atoms with van der Waals surface area (Å²) in [6.07, 6.45) is -0.339. The Bertz CT molecular complexity index is 739. The number of anilines is 1. The summed E-state index contributed by atoms with van der Waals surface area (Å²) >= 11 is 5.01. The lowest BCUT2D eigenvalue weighted by atomic mass is 10.2. The van der Waals surface area contributed by atoms with Gasteiger partial charge in [-0.15, -0.1) is 0 Å². The zero-order chi connectivity index (χ0) is 19.1. The van der Waals surface area contributed by atoms with Gasteiger partial charge in [0, 0.05) is 25.7 Å². The van der Waals surface area contributed by atoms with E-state index in [9.17, 15) is 14.9 Å². The van der Waals surface area contributed by atoms with Gasteiger partial charge >= 0.3 is 6.09 Å². The highest BCUT2D eigenvalue weighted by atomic mass is 79.9. The van der Waals surface area contributed by atoms with Gasteiger partial charge in [-0.05, 0) is 48.6 Å². The molecule has 8 nitrogen and oxygen atoms in total. The molecule has 0 unspecified atom stereocenters. The van der Waals surface area contributed by atoms with Crippen LogP contribution < -0.4 is 9.04 Å². The molecule has 2 heterocycles. The standard InChI is InChI=1S/C16H20BrN3O5S/c1-16(2,3)25-15(21)18-4-5-19-14-12(17)6-10(20(22)23)7-13(14)24-9-11(8-18)26-19/h6-7,11H,4-5,8-9H2,1-3H3/t11-/m0/s1. The number of non-ortho nitro benzene ring substituents is 1. The van der Waals surface area contributed by atoms with Crippen molar-refractivity contribution in [2.75, 3.05) is 30.5 Å². The lowest BCUT2D eigenvalue weighted by molar-refractivity contribution is -0.385. The maximum atomic E-state index is 12.4. The molecule has 10 heteroatoms. The number of ether oxygens (including phenoxy) is 2. The number of carbonyl (C=O) groups excluding carboxylic acids is 1. The largest absolute Gasteiger partial charge is 0.490 e. The van der Waals surface area contributed by atoms with Crippen LogP contribution >= 0.6 is 27.9 Å². The third-order valence-corrected chi connectivity index (χ3v) is 5.63. The highest BCUT2D eigenvalue weighted by Gasteiger charge is 2.34. The summed E-state index contributed by atoms with van der Waals surface area (Å²) in [6, 6.07) is 2.92. The molecule has 1 amide bonds. The van der Waals surface area contributed by atoms with E-state index in [1.165, 1.54) is 12.1 Å². The Morgan fingerprint density at radius 3 is 2.81 bits per heavy atom. The van der Waals surface area contributed by atoms with Gasteiger partial charge in [-0.3, -0.25) is 10.1 Å². The average molecular weight is 446 g/mol. The number of fused-ring (bicyclic) bond motifs is 4. The normalized spacial score (nSPS) is 19.8. The van der Waals surface area contributed by atoms with E-state index < -0.39 is 10.5 Å². The Hall–Kier alpha value is -1.68. The number of rotatable bonds is 1. The fourth-order valence-electron chi connectivity index (χ4n) is 2.75. The van der Waals surface area contributed by atoms with E-state index in [2.05, 4.69) is 15.9 Å². The molecule has 142 valence electrons. The molecule has 0 aromatic heterocycles. The van der Waals surface area contributed by atoms with Crippen LogP contribution in [0.4, 0.5) is 16.2 Å². The molecule has 0 saturated carbocycles. The van der Waals surface area contributed by atoms with Crippen LogP contribution in [0.5, 0.6) is 5.75 Å². The van der Waals surface area contributed by atoms with E-state index >= 15 is 0 Å². The van der Waals surface area contributed by atoms with Gasteiger partial charge in [0.05, 0.1) is 20.7 Å². The number of benzene rings is 1. The molecule has 1 saturated heterocycles. The second kappa shape index (κ2) is 7.15.